The van der Waals surface area contributed by atoms with Crippen LogP contribution in [0.15, 0.2) is 6.07 Å². The highest BCUT2D eigenvalue weighted by atomic mass is 35.5. The maximum atomic E-state index is 13.1. The molecular formula is C7H4ClF3N2O2. The Hall–Kier alpha value is -1.37. The topological polar surface area (TPSA) is 56.0 Å². The van der Waals surface area contributed by atoms with Gasteiger partial charge in [-0.25, -0.2) is 13.2 Å². The van der Waals surface area contributed by atoms with E-state index in [1.807, 2.05) is 0 Å². The highest BCUT2D eigenvalue weighted by Gasteiger charge is 2.26. The van der Waals surface area contributed by atoms with E-state index in [1.54, 1.807) is 0 Å². The van der Waals surface area contributed by atoms with Gasteiger partial charge >= 0.3 is 12.2 Å². The minimum Gasteiger partial charge on any atom is -0.358 e. The van der Waals surface area contributed by atoms with Crippen LogP contribution in [0.1, 0.15) is 17.7 Å². The first kappa shape index (κ1) is 11.7. The van der Waals surface area contributed by atoms with Gasteiger partial charge in [0.1, 0.15) is 11.4 Å². The van der Waals surface area contributed by atoms with E-state index in [2.05, 4.69) is 4.98 Å². The predicted octanol–water partition coefficient (Wildman–Crippen LogP) is 2.81. The summed E-state index contributed by atoms with van der Waals surface area (Å²) in [5.41, 5.74) is -1.47. The van der Waals surface area contributed by atoms with Gasteiger partial charge in [0.25, 0.3) is 0 Å². The molecule has 0 aliphatic carbocycles. The van der Waals surface area contributed by atoms with Crippen LogP contribution in [0.25, 0.3) is 0 Å². The minimum atomic E-state index is -3.07. The van der Waals surface area contributed by atoms with Crippen molar-refractivity contribution in [3.63, 3.8) is 0 Å². The number of hydrogen-bond acceptors (Lipinski definition) is 3. The zero-order chi connectivity index (χ0) is 11.6. The Morgan fingerprint density at radius 1 is 1.60 bits per heavy atom. The molecule has 0 fully saturated rings. The molecule has 1 aromatic rings. The molecule has 0 unspecified atom stereocenters. The molecule has 0 bridgehead atoms. The Labute approximate surface area is 86.8 Å². The predicted molar refractivity (Wildman–Crippen MR) is 45.4 cm³/mol. The molecule has 0 aromatic carbocycles. The molecular weight excluding hydrogens is 237 g/mol. The lowest BCUT2D eigenvalue weighted by Gasteiger charge is -2.01. The molecule has 0 amide bonds. The van der Waals surface area contributed by atoms with Crippen LogP contribution in [-0.2, 0) is 5.88 Å². The van der Waals surface area contributed by atoms with E-state index in [9.17, 15) is 23.3 Å². The third-order valence-corrected chi connectivity index (χ3v) is 1.87. The monoisotopic (exact) mass is 240 g/mol. The lowest BCUT2D eigenvalue weighted by Crippen LogP contribution is -2.04. The van der Waals surface area contributed by atoms with Crippen LogP contribution in [0, 0.1) is 15.9 Å². The number of alkyl halides is 3. The van der Waals surface area contributed by atoms with Gasteiger partial charge in [-0.3, -0.25) is 0 Å². The molecule has 1 rings (SSSR count). The standard InChI is InChI=1S/C7H4ClF3N2O2/c8-2-3-4(9)1-5(6(10)11)12-7(3)13(14)15/h1,6H,2H2. The SMILES string of the molecule is O=[N+]([O-])c1nc(C(F)F)cc(F)c1CCl. The summed E-state index contributed by atoms with van der Waals surface area (Å²) >= 11 is 5.24. The van der Waals surface area contributed by atoms with Gasteiger partial charge in [0.15, 0.2) is 0 Å². The molecule has 0 saturated carbocycles. The van der Waals surface area contributed by atoms with Crippen LogP contribution in [0.4, 0.5) is 19.0 Å². The molecule has 1 aromatic heterocycles. The zero-order valence-corrected chi connectivity index (χ0v) is 7.84. The van der Waals surface area contributed by atoms with E-state index in [4.69, 9.17) is 11.6 Å². The Bertz CT molecular complexity index is 400. The molecule has 0 aliphatic heterocycles. The van der Waals surface area contributed by atoms with Crippen LogP contribution >= 0.6 is 11.6 Å². The first-order chi connectivity index (χ1) is 6.97. The normalized spacial score (nSPS) is 10.7. The Balaban J connectivity index is 3.38. The first-order valence-electron chi connectivity index (χ1n) is 3.65. The van der Waals surface area contributed by atoms with Gasteiger partial charge in [-0.05, 0) is 9.91 Å². The maximum absolute atomic E-state index is 13.1. The summed E-state index contributed by atoms with van der Waals surface area (Å²) in [6, 6.07) is 0.440. The van der Waals surface area contributed by atoms with Crippen LogP contribution in [0.3, 0.4) is 0 Å². The molecule has 82 valence electrons. The molecule has 0 spiro atoms. The summed E-state index contributed by atoms with van der Waals surface area (Å²) in [6.07, 6.45) is -3.07. The molecule has 1 heterocycles. The van der Waals surface area contributed by atoms with Gasteiger partial charge in [0, 0.05) is 6.07 Å². The summed E-state index contributed by atoms with van der Waals surface area (Å²) < 4.78 is 37.4. The molecule has 4 nitrogen and oxygen atoms in total. The largest absolute Gasteiger partial charge is 0.371 e. The Kier molecular flexibility index (Phi) is 3.46. The second-order valence-corrected chi connectivity index (χ2v) is 2.79. The third kappa shape index (κ3) is 2.35. The smallest absolute Gasteiger partial charge is 0.358 e. The molecule has 0 radical (unpaired) electrons. The van der Waals surface area contributed by atoms with Gasteiger partial charge in [0.2, 0.25) is 5.69 Å². The molecule has 15 heavy (non-hydrogen) atoms. The first-order valence-corrected chi connectivity index (χ1v) is 4.18. The van der Waals surface area contributed by atoms with Crippen molar-refractivity contribution in [3.05, 3.63) is 33.3 Å². The van der Waals surface area contributed by atoms with Gasteiger partial charge in [-0.2, -0.15) is 0 Å². The third-order valence-electron chi connectivity index (χ3n) is 1.60. The number of aromatic nitrogens is 1. The quantitative estimate of drug-likeness (QED) is 0.464. The fourth-order valence-electron chi connectivity index (χ4n) is 0.932. The number of nitro groups is 1. The van der Waals surface area contributed by atoms with Crippen LogP contribution < -0.4 is 0 Å². The number of rotatable bonds is 3. The van der Waals surface area contributed by atoms with Crippen molar-refractivity contribution in [2.24, 2.45) is 0 Å². The summed E-state index contributed by atoms with van der Waals surface area (Å²) in [5.74, 6) is -2.62. The van der Waals surface area contributed by atoms with Crippen molar-refractivity contribution >= 4 is 17.4 Å². The van der Waals surface area contributed by atoms with Crippen molar-refractivity contribution < 1.29 is 18.1 Å². The Morgan fingerprint density at radius 2 is 2.20 bits per heavy atom. The average Bonchev–Trinajstić information content (AvgIpc) is 2.16. The average molecular weight is 241 g/mol. The summed E-state index contributed by atoms with van der Waals surface area (Å²) in [4.78, 5) is 12.4. The lowest BCUT2D eigenvalue weighted by molar-refractivity contribution is -0.390. The Morgan fingerprint density at radius 3 is 2.60 bits per heavy atom. The van der Waals surface area contributed by atoms with Crippen molar-refractivity contribution in [3.8, 4) is 0 Å². The van der Waals surface area contributed by atoms with E-state index in [0.717, 1.165) is 0 Å². The van der Waals surface area contributed by atoms with Gasteiger partial charge in [0.05, 0.1) is 5.88 Å². The minimum absolute atomic E-state index is 0.440. The molecule has 8 heteroatoms. The highest BCUT2D eigenvalue weighted by molar-refractivity contribution is 6.17. The van der Waals surface area contributed by atoms with E-state index in [-0.39, 0.29) is 0 Å². The lowest BCUT2D eigenvalue weighted by atomic mass is 10.2. The number of halogens is 4. The van der Waals surface area contributed by atoms with Gasteiger partial charge in [-0.15, -0.1) is 11.6 Å². The van der Waals surface area contributed by atoms with Crippen LogP contribution in [0.5, 0.6) is 0 Å². The van der Waals surface area contributed by atoms with Crippen molar-refractivity contribution in [2.75, 3.05) is 0 Å². The summed E-state index contributed by atoms with van der Waals surface area (Å²) in [6.45, 7) is 0. The molecule has 0 saturated heterocycles. The van der Waals surface area contributed by atoms with Crippen LogP contribution in [-0.4, -0.2) is 9.91 Å². The number of nitrogens with zero attached hydrogens (tertiary/aromatic N) is 2. The van der Waals surface area contributed by atoms with Crippen molar-refractivity contribution in [1.29, 1.82) is 0 Å². The molecule has 0 N–H and O–H groups in total. The maximum Gasteiger partial charge on any atom is 0.371 e. The number of pyridine rings is 1. The van der Waals surface area contributed by atoms with Gasteiger partial charge in [-0.1, -0.05) is 0 Å². The van der Waals surface area contributed by atoms with E-state index in [1.165, 1.54) is 0 Å². The second kappa shape index (κ2) is 4.43. The fraction of sp³-hybridized carbons (Fsp3) is 0.286. The fourth-order valence-corrected chi connectivity index (χ4v) is 1.18. The molecule has 0 atom stereocenters. The van der Waals surface area contributed by atoms with E-state index in [0.29, 0.717) is 6.07 Å². The summed E-state index contributed by atoms with van der Waals surface area (Å²) in [5, 5.41) is 10.4. The number of hydrogen-bond donors (Lipinski definition) is 0. The van der Waals surface area contributed by atoms with Gasteiger partial charge < -0.3 is 10.1 Å². The van der Waals surface area contributed by atoms with Crippen molar-refractivity contribution in [2.45, 2.75) is 12.3 Å². The van der Waals surface area contributed by atoms with E-state index >= 15 is 0 Å². The molecule has 0 aliphatic rings. The second-order valence-electron chi connectivity index (χ2n) is 2.52. The van der Waals surface area contributed by atoms with Crippen LogP contribution in [0.2, 0.25) is 0 Å². The summed E-state index contributed by atoms with van der Waals surface area (Å²) in [7, 11) is 0. The van der Waals surface area contributed by atoms with Crippen molar-refractivity contribution in [1.82, 2.24) is 4.98 Å². The highest BCUT2D eigenvalue weighted by Crippen LogP contribution is 2.26. The zero-order valence-electron chi connectivity index (χ0n) is 7.08. The van der Waals surface area contributed by atoms with E-state index < -0.39 is 40.1 Å².